The van der Waals surface area contributed by atoms with E-state index >= 15 is 0 Å². The van der Waals surface area contributed by atoms with Crippen LogP contribution in [0.4, 0.5) is 0 Å². The van der Waals surface area contributed by atoms with Crippen molar-refractivity contribution in [3.63, 3.8) is 0 Å². The number of hydrogen-bond donors (Lipinski definition) is 2. The number of hydrogen-bond acceptors (Lipinski definition) is 3. The Kier molecular flexibility index (Phi) is 5.11. The second-order valence-corrected chi connectivity index (χ2v) is 2.73. The van der Waals surface area contributed by atoms with E-state index in [4.69, 9.17) is 5.11 Å². The molecule has 0 radical (unpaired) electrons. The Hall–Kier alpha value is -0.380. The first-order valence-electron chi connectivity index (χ1n) is 3.71. The summed E-state index contributed by atoms with van der Waals surface area (Å²) < 4.78 is 0. The smallest absolute Gasteiger partial charge is 0.0898 e. The van der Waals surface area contributed by atoms with E-state index in [-0.39, 0.29) is 12.6 Å². The summed E-state index contributed by atoms with van der Waals surface area (Å²) in [5.74, 6) is 0. The van der Waals surface area contributed by atoms with Crippen LogP contribution in [0, 0.1) is 0 Å². The maximum Gasteiger partial charge on any atom is 0.0898 e. The summed E-state index contributed by atoms with van der Waals surface area (Å²) in [5.41, 5.74) is 0. The summed E-state index contributed by atoms with van der Waals surface area (Å²) >= 11 is 0. The van der Waals surface area contributed by atoms with Crippen molar-refractivity contribution in [2.75, 3.05) is 20.7 Å². The maximum absolute atomic E-state index is 9.39. The summed E-state index contributed by atoms with van der Waals surface area (Å²) in [5, 5.41) is 18.2. The van der Waals surface area contributed by atoms with Crippen molar-refractivity contribution in [3.05, 3.63) is 12.2 Å². The van der Waals surface area contributed by atoms with Crippen molar-refractivity contribution in [1.29, 1.82) is 0 Å². The van der Waals surface area contributed by atoms with Crippen molar-refractivity contribution in [2.45, 2.75) is 19.1 Å². The van der Waals surface area contributed by atoms with Crippen molar-refractivity contribution < 1.29 is 10.2 Å². The lowest BCUT2D eigenvalue weighted by Gasteiger charge is -2.24. The number of allylic oxidation sites excluding steroid dienone is 1. The molecule has 0 rings (SSSR count). The van der Waals surface area contributed by atoms with E-state index in [1.165, 1.54) is 0 Å². The molecule has 0 saturated heterocycles. The van der Waals surface area contributed by atoms with Gasteiger partial charge in [-0.2, -0.15) is 0 Å². The Morgan fingerprint density at radius 1 is 1.45 bits per heavy atom. The molecule has 0 spiro atoms. The third kappa shape index (κ3) is 3.51. The molecule has 0 aromatic rings. The summed E-state index contributed by atoms with van der Waals surface area (Å²) in [6.45, 7) is 1.81. The third-order valence-corrected chi connectivity index (χ3v) is 1.63. The average Bonchev–Trinajstić information content (AvgIpc) is 1.88. The van der Waals surface area contributed by atoms with Crippen LogP contribution in [0.25, 0.3) is 0 Å². The van der Waals surface area contributed by atoms with Gasteiger partial charge in [0, 0.05) is 0 Å². The molecular weight excluding hydrogens is 142 g/mol. The highest BCUT2D eigenvalue weighted by Crippen LogP contribution is 2.00. The molecule has 0 amide bonds. The predicted octanol–water partition coefficient (Wildman–Crippen LogP) is -0.154. The monoisotopic (exact) mass is 159 g/mol. The fourth-order valence-corrected chi connectivity index (χ4v) is 0.902. The summed E-state index contributed by atoms with van der Waals surface area (Å²) in [4.78, 5) is 1.80. The summed E-state index contributed by atoms with van der Waals surface area (Å²) in [6.07, 6.45) is 2.86. The molecule has 0 saturated carbocycles. The van der Waals surface area contributed by atoms with Crippen LogP contribution in [-0.2, 0) is 0 Å². The first kappa shape index (κ1) is 10.6. The number of aliphatic hydroxyl groups is 2. The molecule has 0 heterocycles. The Balaban J connectivity index is 4.02. The van der Waals surface area contributed by atoms with Crippen LogP contribution in [0.1, 0.15) is 6.92 Å². The highest BCUT2D eigenvalue weighted by molar-refractivity contribution is 4.92. The van der Waals surface area contributed by atoms with E-state index in [1.54, 1.807) is 17.1 Å². The minimum absolute atomic E-state index is 0.0293. The van der Waals surface area contributed by atoms with Crippen molar-refractivity contribution >= 4 is 0 Å². The van der Waals surface area contributed by atoms with E-state index in [1.807, 2.05) is 21.0 Å². The van der Waals surface area contributed by atoms with E-state index in [0.717, 1.165) is 0 Å². The average molecular weight is 159 g/mol. The van der Waals surface area contributed by atoms with Gasteiger partial charge in [0.15, 0.2) is 0 Å². The maximum atomic E-state index is 9.39. The molecule has 0 aromatic carbocycles. The van der Waals surface area contributed by atoms with Gasteiger partial charge in [0.25, 0.3) is 0 Å². The quantitative estimate of drug-likeness (QED) is 0.560. The molecule has 0 aliphatic carbocycles. The molecule has 2 N–H and O–H groups in total. The van der Waals surface area contributed by atoms with Gasteiger partial charge in [-0.25, -0.2) is 0 Å². The summed E-state index contributed by atoms with van der Waals surface area (Å²) in [6, 6.07) is -0.203. The van der Waals surface area contributed by atoms with Crippen LogP contribution < -0.4 is 0 Å². The van der Waals surface area contributed by atoms with Crippen molar-refractivity contribution in [1.82, 2.24) is 4.90 Å². The fraction of sp³-hybridized carbons (Fsp3) is 0.750. The van der Waals surface area contributed by atoms with Crippen LogP contribution in [0.5, 0.6) is 0 Å². The third-order valence-electron chi connectivity index (χ3n) is 1.63. The summed E-state index contributed by atoms with van der Waals surface area (Å²) in [7, 11) is 3.65. The lowest BCUT2D eigenvalue weighted by atomic mass is 10.1. The molecule has 0 aliphatic heterocycles. The van der Waals surface area contributed by atoms with Gasteiger partial charge in [0.2, 0.25) is 0 Å². The van der Waals surface area contributed by atoms with Gasteiger partial charge in [0.05, 0.1) is 18.8 Å². The topological polar surface area (TPSA) is 43.7 Å². The van der Waals surface area contributed by atoms with Crippen molar-refractivity contribution in [2.24, 2.45) is 0 Å². The van der Waals surface area contributed by atoms with Crippen molar-refractivity contribution in [3.8, 4) is 0 Å². The zero-order valence-corrected chi connectivity index (χ0v) is 7.36. The van der Waals surface area contributed by atoms with Gasteiger partial charge in [-0.1, -0.05) is 12.2 Å². The minimum Gasteiger partial charge on any atom is -0.395 e. The largest absolute Gasteiger partial charge is 0.395 e. The van der Waals surface area contributed by atoms with E-state index < -0.39 is 6.10 Å². The van der Waals surface area contributed by atoms with Gasteiger partial charge in [0.1, 0.15) is 0 Å². The Labute approximate surface area is 68.0 Å². The zero-order valence-electron chi connectivity index (χ0n) is 7.36. The molecule has 2 unspecified atom stereocenters. The van der Waals surface area contributed by atoms with Crippen LogP contribution in [0.2, 0.25) is 0 Å². The number of nitrogens with zero attached hydrogens (tertiary/aromatic N) is 1. The molecule has 66 valence electrons. The SMILES string of the molecule is C/C=C/C(O)C(CO)N(C)C. The Bertz CT molecular complexity index is 123. The number of likely N-dealkylation sites (N-methyl/N-ethyl adjacent to an activating group) is 1. The normalized spacial score (nSPS) is 17.6. The second kappa shape index (κ2) is 5.29. The van der Waals surface area contributed by atoms with Gasteiger partial charge >= 0.3 is 0 Å². The fourth-order valence-electron chi connectivity index (χ4n) is 0.902. The second-order valence-electron chi connectivity index (χ2n) is 2.73. The minimum atomic E-state index is -0.583. The predicted molar refractivity (Wildman–Crippen MR) is 45.4 cm³/mol. The van der Waals surface area contributed by atoms with Gasteiger partial charge in [-0.15, -0.1) is 0 Å². The number of rotatable bonds is 4. The van der Waals surface area contributed by atoms with E-state index in [9.17, 15) is 5.11 Å². The molecule has 0 fully saturated rings. The van der Waals surface area contributed by atoms with Gasteiger partial charge in [-0.3, -0.25) is 0 Å². The molecule has 0 aliphatic rings. The van der Waals surface area contributed by atoms with Crippen LogP contribution in [-0.4, -0.2) is 48.0 Å². The highest BCUT2D eigenvalue weighted by atomic mass is 16.3. The number of aliphatic hydroxyl groups excluding tert-OH is 2. The Morgan fingerprint density at radius 3 is 2.27 bits per heavy atom. The first-order chi connectivity index (χ1) is 5.13. The zero-order chi connectivity index (χ0) is 8.85. The molecule has 3 heteroatoms. The molecular formula is C8H17NO2. The molecule has 11 heavy (non-hydrogen) atoms. The van der Waals surface area contributed by atoms with E-state index in [2.05, 4.69) is 0 Å². The van der Waals surface area contributed by atoms with Crippen LogP contribution in [0.15, 0.2) is 12.2 Å². The lowest BCUT2D eigenvalue weighted by Crippen LogP contribution is -2.40. The van der Waals surface area contributed by atoms with Crippen LogP contribution >= 0.6 is 0 Å². The highest BCUT2D eigenvalue weighted by Gasteiger charge is 2.16. The Morgan fingerprint density at radius 2 is 2.00 bits per heavy atom. The first-order valence-corrected chi connectivity index (χ1v) is 3.71. The van der Waals surface area contributed by atoms with Gasteiger partial charge in [-0.05, 0) is 21.0 Å². The molecule has 0 aromatic heterocycles. The molecule has 2 atom stereocenters. The van der Waals surface area contributed by atoms with Gasteiger partial charge < -0.3 is 15.1 Å². The molecule has 3 nitrogen and oxygen atoms in total. The lowest BCUT2D eigenvalue weighted by molar-refractivity contribution is 0.0673. The van der Waals surface area contributed by atoms with E-state index in [0.29, 0.717) is 0 Å². The molecule has 0 bridgehead atoms. The van der Waals surface area contributed by atoms with Crippen LogP contribution in [0.3, 0.4) is 0 Å². The standard InChI is InChI=1S/C8H17NO2/c1-4-5-8(11)7(6-10)9(2)3/h4-5,7-8,10-11H,6H2,1-3H3/b5-4+.